The first-order chi connectivity index (χ1) is 4.74. The molecule has 0 aromatic heterocycles. The summed E-state index contributed by atoms with van der Waals surface area (Å²) >= 11 is 0. The normalized spacial score (nSPS) is 14.0. The predicted octanol–water partition coefficient (Wildman–Crippen LogP) is 1.72. The molecule has 0 bridgehead atoms. The first-order valence-corrected chi connectivity index (χ1v) is 3.64. The molecule has 0 heterocycles. The molecule has 0 saturated heterocycles. The fourth-order valence-electron chi connectivity index (χ4n) is 0.639. The minimum absolute atomic E-state index is 0.553. The Balaban J connectivity index is 4.08. The number of allylic oxidation sites excluding steroid dienone is 2. The number of rotatable bonds is 3. The molecular formula is C8H16N2. The molecule has 0 amide bonds. The zero-order chi connectivity index (χ0) is 7.98. The number of hydrogen-bond acceptors (Lipinski definition) is 2. The van der Waals surface area contributed by atoms with Crippen molar-refractivity contribution in [3.8, 4) is 0 Å². The van der Waals surface area contributed by atoms with Gasteiger partial charge in [-0.1, -0.05) is 13.0 Å². The maximum Gasteiger partial charge on any atom is 0.0358 e. The molecule has 0 rings (SSSR count). The van der Waals surface area contributed by atoms with Crippen LogP contribution < -0.4 is 5.73 Å². The summed E-state index contributed by atoms with van der Waals surface area (Å²) in [5.74, 6) is 0. The molecule has 0 spiro atoms. The van der Waals surface area contributed by atoms with Gasteiger partial charge in [0.15, 0.2) is 0 Å². The lowest BCUT2D eigenvalue weighted by Crippen LogP contribution is -2.09. The molecular weight excluding hydrogens is 124 g/mol. The van der Waals surface area contributed by atoms with Crippen LogP contribution >= 0.6 is 0 Å². The molecule has 2 nitrogen and oxygen atoms in total. The van der Waals surface area contributed by atoms with E-state index in [1.807, 2.05) is 19.9 Å². The second-order valence-corrected chi connectivity index (χ2v) is 2.18. The SMILES string of the molecule is C/C=C(/CC)N=C(C)CN. The summed E-state index contributed by atoms with van der Waals surface area (Å²) in [7, 11) is 0. The van der Waals surface area contributed by atoms with Gasteiger partial charge in [-0.15, -0.1) is 0 Å². The summed E-state index contributed by atoms with van der Waals surface area (Å²) in [5.41, 5.74) is 7.48. The summed E-state index contributed by atoms with van der Waals surface area (Å²) in [6.45, 7) is 6.57. The van der Waals surface area contributed by atoms with Gasteiger partial charge in [-0.3, -0.25) is 4.99 Å². The highest BCUT2D eigenvalue weighted by atomic mass is 14.8. The molecule has 10 heavy (non-hydrogen) atoms. The highest BCUT2D eigenvalue weighted by molar-refractivity contribution is 5.84. The van der Waals surface area contributed by atoms with E-state index in [1.54, 1.807) is 0 Å². The van der Waals surface area contributed by atoms with Crippen molar-refractivity contribution in [2.24, 2.45) is 10.7 Å². The minimum Gasteiger partial charge on any atom is -0.325 e. The van der Waals surface area contributed by atoms with Crippen molar-refractivity contribution in [3.05, 3.63) is 11.8 Å². The van der Waals surface area contributed by atoms with Gasteiger partial charge in [0, 0.05) is 18.0 Å². The van der Waals surface area contributed by atoms with Crippen LogP contribution in [0.3, 0.4) is 0 Å². The molecule has 0 aliphatic rings. The van der Waals surface area contributed by atoms with Gasteiger partial charge in [-0.2, -0.15) is 0 Å². The zero-order valence-corrected chi connectivity index (χ0v) is 7.02. The number of nitrogens with zero attached hydrogens (tertiary/aromatic N) is 1. The van der Waals surface area contributed by atoms with Crippen molar-refractivity contribution in [1.82, 2.24) is 0 Å². The Morgan fingerprint density at radius 2 is 2.20 bits per heavy atom. The first-order valence-electron chi connectivity index (χ1n) is 3.64. The maximum absolute atomic E-state index is 5.37. The Morgan fingerprint density at radius 3 is 2.50 bits per heavy atom. The van der Waals surface area contributed by atoms with Crippen LogP contribution in [0.2, 0.25) is 0 Å². The molecule has 0 aliphatic heterocycles. The van der Waals surface area contributed by atoms with Crippen molar-refractivity contribution < 1.29 is 0 Å². The molecule has 0 aliphatic carbocycles. The average molecular weight is 140 g/mol. The van der Waals surface area contributed by atoms with E-state index in [-0.39, 0.29) is 0 Å². The van der Waals surface area contributed by atoms with Crippen molar-refractivity contribution in [3.63, 3.8) is 0 Å². The van der Waals surface area contributed by atoms with Crippen LogP contribution in [-0.2, 0) is 0 Å². The lowest BCUT2D eigenvalue weighted by Gasteiger charge is -1.97. The fraction of sp³-hybridized carbons (Fsp3) is 0.625. The molecule has 2 N–H and O–H groups in total. The Bertz CT molecular complexity index is 145. The van der Waals surface area contributed by atoms with Crippen LogP contribution in [0.15, 0.2) is 16.8 Å². The highest BCUT2D eigenvalue weighted by Gasteiger charge is 1.88. The third-order valence-corrected chi connectivity index (χ3v) is 1.33. The summed E-state index contributed by atoms with van der Waals surface area (Å²) in [4.78, 5) is 4.28. The van der Waals surface area contributed by atoms with Crippen LogP contribution in [0, 0.1) is 0 Å². The smallest absolute Gasteiger partial charge is 0.0358 e. The van der Waals surface area contributed by atoms with Gasteiger partial charge in [-0.05, 0) is 20.3 Å². The largest absolute Gasteiger partial charge is 0.325 e. The standard InChI is InChI=1S/C8H16N2/c1-4-8(5-2)10-7(3)6-9/h4H,5-6,9H2,1-3H3/b8-4-,10-7?. The van der Waals surface area contributed by atoms with E-state index in [1.165, 1.54) is 0 Å². The second kappa shape index (κ2) is 5.18. The Morgan fingerprint density at radius 1 is 1.60 bits per heavy atom. The lowest BCUT2D eigenvalue weighted by atomic mass is 10.3. The molecule has 0 aromatic carbocycles. The van der Waals surface area contributed by atoms with Gasteiger partial charge in [0.1, 0.15) is 0 Å². The molecule has 0 aromatic rings. The van der Waals surface area contributed by atoms with Gasteiger partial charge in [-0.25, -0.2) is 0 Å². The van der Waals surface area contributed by atoms with E-state index in [4.69, 9.17) is 5.73 Å². The number of nitrogens with two attached hydrogens (primary N) is 1. The first kappa shape index (κ1) is 9.37. The van der Waals surface area contributed by atoms with E-state index in [0.717, 1.165) is 17.8 Å². The third kappa shape index (κ3) is 3.41. The van der Waals surface area contributed by atoms with Gasteiger partial charge < -0.3 is 5.73 Å². The van der Waals surface area contributed by atoms with Crippen LogP contribution in [0.25, 0.3) is 0 Å². The topological polar surface area (TPSA) is 38.4 Å². The summed E-state index contributed by atoms with van der Waals surface area (Å²) in [5, 5.41) is 0. The molecule has 0 saturated carbocycles. The average Bonchev–Trinajstić information content (AvgIpc) is 1.99. The molecule has 0 fully saturated rings. The molecule has 58 valence electrons. The van der Waals surface area contributed by atoms with E-state index in [9.17, 15) is 0 Å². The number of hydrogen-bond donors (Lipinski definition) is 1. The third-order valence-electron chi connectivity index (χ3n) is 1.33. The Hall–Kier alpha value is -0.630. The van der Waals surface area contributed by atoms with E-state index >= 15 is 0 Å². The predicted molar refractivity (Wildman–Crippen MR) is 46.2 cm³/mol. The van der Waals surface area contributed by atoms with Gasteiger partial charge in [0.25, 0.3) is 0 Å². The minimum atomic E-state index is 0.553. The van der Waals surface area contributed by atoms with Crippen molar-refractivity contribution in [2.45, 2.75) is 27.2 Å². The van der Waals surface area contributed by atoms with E-state index in [2.05, 4.69) is 11.9 Å². The Kier molecular flexibility index (Phi) is 4.85. The molecule has 2 heteroatoms. The van der Waals surface area contributed by atoms with E-state index in [0.29, 0.717) is 6.54 Å². The van der Waals surface area contributed by atoms with Crippen LogP contribution in [0.5, 0.6) is 0 Å². The van der Waals surface area contributed by atoms with Crippen LogP contribution in [0.4, 0.5) is 0 Å². The molecule has 0 unspecified atom stereocenters. The zero-order valence-electron chi connectivity index (χ0n) is 7.02. The van der Waals surface area contributed by atoms with E-state index < -0.39 is 0 Å². The van der Waals surface area contributed by atoms with Crippen LogP contribution in [0.1, 0.15) is 27.2 Å². The summed E-state index contributed by atoms with van der Waals surface area (Å²) in [6.07, 6.45) is 2.99. The fourth-order valence-corrected chi connectivity index (χ4v) is 0.639. The molecule has 0 radical (unpaired) electrons. The monoisotopic (exact) mass is 140 g/mol. The summed E-state index contributed by atoms with van der Waals surface area (Å²) < 4.78 is 0. The Labute approximate surface area is 62.8 Å². The van der Waals surface area contributed by atoms with Crippen LogP contribution in [-0.4, -0.2) is 12.3 Å². The number of aliphatic imine (C=N–C) groups is 1. The quantitative estimate of drug-likeness (QED) is 0.595. The highest BCUT2D eigenvalue weighted by Crippen LogP contribution is 2.01. The molecule has 0 atom stereocenters. The van der Waals surface area contributed by atoms with Gasteiger partial charge >= 0.3 is 0 Å². The van der Waals surface area contributed by atoms with Gasteiger partial charge in [0.2, 0.25) is 0 Å². The maximum atomic E-state index is 5.37. The van der Waals surface area contributed by atoms with Crippen molar-refractivity contribution >= 4 is 5.71 Å². The summed E-state index contributed by atoms with van der Waals surface area (Å²) in [6, 6.07) is 0. The van der Waals surface area contributed by atoms with Crippen molar-refractivity contribution in [1.29, 1.82) is 0 Å². The van der Waals surface area contributed by atoms with Crippen molar-refractivity contribution in [2.75, 3.05) is 6.54 Å². The van der Waals surface area contributed by atoms with Gasteiger partial charge in [0.05, 0.1) is 0 Å². The second-order valence-electron chi connectivity index (χ2n) is 2.18. The lowest BCUT2D eigenvalue weighted by molar-refractivity contribution is 1.05.